The quantitative estimate of drug-likeness (QED) is 0.907. The summed E-state index contributed by atoms with van der Waals surface area (Å²) in [7, 11) is 0. The van der Waals surface area contributed by atoms with Gasteiger partial charge in [0.15, 0.2) is 0 Å². The smallest absolute Gasteiger partial charge is 0.128 e. The lowest BCUT2D eigenvalue weighted by molar-refractivity contribution is 0.247. The lowest BCUT2D eigenvalue weighted by atomic mass is 9.81. The van der Waals surface area contributed by atoms with Crippen molar-refractivity contribution in [3.05, 3.63) is 35.9 Å². The molecule has 1 aliphatic heterocycles. The van der Waals surface area contributed by atoms with Gasteiger partial charge in [0.2, 0.25) is 0 Å². The van der Waals surface area contributed by atoms with Gasteiger partial charge in [-0.2, -0.15) is 5.26 Å². The minimum absolute atomic E-state index is 0.297. The van der Waals surface area contributed by atoms with Gasteiger partial charge in [-0.15, -0.1) is 0 Å². The van der Waals surface area contributed by atoms with Gasteiger partial charge in [-0.3, -0.25) is 0 Å². The first-order chi connectivity index (χ1) is 10.2. The molecular weight excluding hydrogens is 260 g/mol. The molecule has 1 aliphatic rings. The topological polar surface area (TPSA) is 60.7 Å². The van der Waals surface area contributed by atoms with E-state index in [2.05, 4.69) is 28.6 Å². The summed E-state index contributed by atoms with van der Waals surface area (Å²) >= 11 is 0. The fourth-order valence-corrected chi connectivity index (χ4v) is 2.87. The number of nitrogens with one attached hydrogen (secondary N) is 2. The molecule has 0 spiro atoms. The van der Waals surface area contributed by atoms with Gasteiger partial charge < -0.3 is 10.6 Å². The summed E-state index contributed by atoms with van der Waals surface area (Å²) in [6.45, 7) is 5.36. The molecule has 0 atom stereocenters. The van der Waals surface area contributed by atoms with Crippen molar-refractivity contribution in [3.8, 4) is 6.07 Å². The van der Waals surface area contributed by atoms with E-state index in [9.17, 15) is 5.26 Å². The third-order valence-corrected chi connectivity index (χ3v) is 4.34. The summed E-state index contributed by atoms with van der Waals surface area (Å²) in [4.78, 5) is 4.62. The van der Waals surface area contributed by atoms with Crippen molar-refractivity contribution in [1.82, 2.24) is 10.3 Å². The summed E-state index contributed by atoms with van der Waals surface area (Å²) in [5, 5.41) is 17.1. The predicted molar refractivity (Wildman–Crippen MR) is 85.2 cm³/mol. The van der Waals surface area contributed by atoms with Crippen LogP contribution in [0.15, 0.2) is 30.3 Å². The van der Waals surface area contributed by atoms with Crippen LogP contribution in [0.2, 0.25) is 0 Å². The van der Waals surface area contributed by atoms with Crippen LogP contribution in [0, 0.1) is 16.7 Å². The zero-order valence-corrected chi connectivity index (χ0v) is 12.3. The average Bonchev–Trinajstić information content (AvgIpc) is 2.53. The molecule has 0 aliphatic carbocycles. The van der Waals surface area contributed by atoms with E-state index in [-0.39, 0.29) is 0 Å². The van der Waals surface area contributed by atoms with Gasteiger partial charge >= 0.3 is 0 Å². The van der Waals surface area contributed by atoms with E-state index in [4.69, 9.17) is 0 Å². The zero-order chi connectivity index (χ0) is 14.7. The van der Waals surface area contributed by atoms with Gasteiger partial charge in [0.05, 0.1) is 17.1 Å². The van der Waals surface area contributed by atoms with Gasteiger partial charge in [-0.25, -0.2) is 4.98 Å². The fraction of sp³-hybridized carbons (Fsp3) is 0.412. The van der Waals surface area contributed by atoms with E-state index < -0.39 is 0 Å². The van der Waals surface area contributed by atoms with E-state index in [1.54, 1.807) is 0 Å². The zero-order valence-electron chi connectivity index (χ0n) is 12.3. The first-order valence-electron chi connectivity index (χ1n) is 7.45. The number of para-hydroxylation sites is 1. The van der Waals surface area contributed by atoms with Gasteiger partial charge in [0, 0.05) is 11.9 Å². The molecule has 2 heterocycles. The second kappa shape index (κ2) is 5.71. The molecule has 0 amide bonds. The first-order valence-corrected chi connectivity index (χ1v) is 7.45. The Labute approximate surface area is 125 Å². The molecule has 0 radical (unpaired) electrons. The van der Waals surface area contributed by atoms with Crippen LogP contribution in [-0.4, -0.2) is 24.6 Å². The van der Waals surface area contributed by atoms with Crippen molar-refractivity contribution in [1.29, 1.82) is 5.26 Å². The second-order valence-corrected chi connectivity index (χ2v) is 6.10. The Morgan fingerprint density at radius 3 is 2.86 bits per heavy atom. The number of piperidine rings is 1. The van der Waals surface area contributed by atoms with Gasteiger partial charge in [-0.05, 0) is 43.5 Å². The van der Waals surface area contributed by atoms with Crippen molar-refractivity contribution in [2.24, 2.45) is 5.41 Å². The predicted octanol–water partition coefficient (Wildman–Crippen LogP) is 2.91. The minimum atomic E-state index is 0.297. The SMILES string of the molecule is CC1(CNc2cc(C#N)c3ccccc3n2)CCNCC1. The standard InChI is InChI=1S/C17H20N4/c1-17(6-8-19-9-7-17)12-20-16-10-13(11-18)14-4-2-3-5-15(14)21-16/h2-5,10,19H,6-9,12H2,1H3,(H,20,21). The molecule has 1 aromatic heterocycles. The van der Waals surface area contributed by atoms with Crippen molar-refractivity contribution < 1.29 is 0 Å². The maximum Gasteiger partial charge on any atom is 0.128 e. The lowest BCUT2D eigenvalue weighted by Crippen LogP contribution is -2.39. The highest BCUT2D eigenvalue weighted by Gasteiger charge is 2.26. The molecule has 2 aromatic rings. The Hall–Kier alpha value is -2.12. The molecule has 4 nitrogen and oxygen atoms in total. The van der Waals surface area contributed by atoms with E-state index in [1.807, 2.05) is 30.3 Å². The number of aromatic nitrogens is 1. The molecule has 4 heteroatoms. The number of rotatable bonds is 3. The monoisotopic (exact) mass is 280 g/mol. The number of pyridine rings is 1. The van der Waals surface area contributed by atoms with Gasteiger partial charge in [-0.1, -0.05) is 25.1 Å². The third-order valence-electron chi connectivity index (χ3n) is 4.34. The fourth-order valence-electron chi connectivity index (χ4n) is 2.87. The van der Waals surface area contributed by atoms with Crippen LogP contribution in [0.3, 0.4) is 0 Å². The Morgan fingerprint density at radius 2 is 2.10 bits per heavy atom. The molecule has 21 heavy (non-hydrogen) atoms. The maximum absolute atomic E-state index is 9.31. The van der Waals surface area contributed by atoms with Gasteiger partial charge in [0.25, 0.3) is 0 Å². The molecule has 1 saturated heterocycles. The van der Waals surface area contributed by atoms with Crippen LogP contribution < -0.4 is 10.6 Å². The average molecular weight is 280 g/mol. The summed E-state index contributed by atoms with van der Waals surface area (Å²) < 4.78 is 0. The van der Waals surface area contributed by atoms with Crippen LogP contribution >= 0.6 is 0 Å². The van der Waals surface area contributed by atoms with Gasteiger partial charge in [0.1, 0.15) is 5.82 Å². The molecule has 2 N–H and O–H groups in total. The van der Waals surface area contributed by atoms with E-state index in [1.165, 1.54) is 12.8 Å². The Bertz CT molecular complexity index is 681. The highest BCUT2D eigenvalue weighted by Crippen LogP contribution is 2.28. The summed E-state index contributed by atoms with van der Waals surface area (Å²) in [6.07, 6.45) is 2.33. The summed E-state index contributed by atoms with van der Waals surface area (Å²) in [5.74, 6) is 0.796. The van der Waals surface area contributed by atoms with E-state index in [0.717, 1.165) is 36.4 Å². The van der Waals surface area contributed by atoms with Crippen LogP contribution in [-0.2, 0) is 0 Å². The Morgan fingerprint density at radius 1 is 1.33 bits per heavy atom. The number of hydrogen-bond donors (Lipinski definition) is 2. The molecule has 1 aromatic carbocycles. The van der Waals surface area contributed by atoms with E-state index >= 15 is 0 Å². The number of nitriles is 1. The van der Waals surface area contributed by atoms with Crippen molar-refractivity contribution in [3.63, 3.8) is 0 Å². The highest BCUT2D eigenvalue weighted by atomic mass is 15.0. The molecule has 108 valence electrons. The number of fused-ring (bicyclic) bond motifs is 1. The summed E-state index contributed by atoms with van der Waals surface area (Å²) in [5.41, 5.74) is 1.85. The highest BCUT2D eigenvalue weighted by molar-refractivity contribution is 5.86. The molecule has 0 unspecified atom stereocenters. The lowest BCUT2D eigenvalue weighted by Gasteiger charge is -2.34. The normalized spacial score (nSPS) is 17.3. The van der Waals surface area contributed by atoms with E-state index in [0.29, 0.717) is 11.0 Å². The molecule has 0 saturated carbocycles. The number of hydrogen-bond acceptors (Lipinski definition) is 4. The van der Waals surface area contributed by atoms with Crippen LogP contribution in [0.25, 0.3) is 10.9 Å². The largest absolute Gasteiger partial charge is 0.369 e. The second-order valence-electron chi connectivity index (χ2n) is 6.10. The molecule has 0 bridgehead atoms. The van der Waals surface area contributed by atoms with Crippen LogP contribution in [0.5, 0.6) is 0 Å². The molecule has 1 fully saturated rings. The first kappa shape index (κ1) is 13.8. The third kappa shape index (κ3) is 2.98. The van der Waals surface area contributed by atoms with Crippen molar-refractivity contribution in [2.45, 2.75) is 19.8 Å². The number of nitrogens with zero attached hydrogens (tertiary/aromatic N) is 2. The van der Waals surface area contributed by atoms with Crippen LogP contribution in [0.4, 0.5) is 5.82 Å². The molecule has 3 rings (SSSR count). The number of anilines is 1. The van der Waals surface area contributed by atoms with Crippen molar-refractivity contribution in [2.75, 3.05) is 25.0 Å². The van der Waals surface area contributed by atoms with Crippen molar-refractivity contribution >= 4 is 16.7 Å². The number of benzene rings is 1. The minimum Gasteiger partial charge on any atom is -0.369 e. The van der Waals surface area contributed by atoms with Crippen LogP contribution in [0.1, 0.15) is 25.3 Å². The molecular formula is C17H20N4. The Kier molecular flexibility index (Phi) is 3.76. The maximum atomic E-state index is 9.31. The Balaban J connectivity index is 1.82. The summed E-state index contributed by atoms with van der Waals surface area (Å²) in [6, 6.07) is 11.9.